The van der Waals surface area contributed by atoms with Crippen molar-refractivity contribution in [2.24, 2.45) is 0 Å². The summed E-state index contributed by atoms with van der Waals surface area (Å²) in [6.45, 7) is 1.76. The maximum absolute atomic E-state index is 13.6. The third-order valence-electron chi connectivity index (χ3n) is 2.86. The van der Waals surface area contributed by atoms with Crippen LogP contribution in [0, 0.1) is 22.9 Å². The summed E-state index contributed by atoms with van der Waals surface area (Å²) in [5.41, 5.74) is 6.04. The van der Waals surface area contributed by atoms with E-state index in [2.05, 4.69) is 5.32 Å². The average molecular weight is 289 g/mol. The first-order valence-corrected chi connectivity index (χ1v) is 6.00. The van der Waals surface area contributed by atoms with Crippen molar-refractivity contribution in [3.05, 3.63) is 63.5 Å². The molecule has 0 fully saturated rings. The van der Waals surface area contributed by atoms with E-state index in [4.69, 9.17) is 5.73 Å². The van der Waals surface area contributed by atoms with Crippen LogP contribution in [0.4, 0.5) is 21.5 Å². The van der Waals surface area contributed by atoms with Gasteiger partial charge in [-0.1, -0.05) is 6.07 Å². The second-order valence-corrected chi connectivity index (χ2v) is 4.47. The Hall–Kier alpha value is -2.96. The summed E-state index contributed by atoms with van der Waals surface area (Å²) in [6, 6.07) is 7.89. The summed E-state index contributed by atoms with van der Waals surface area (Å²) in [7, 11) is 0. The topological polar surface area (TPSA) is 98.3 Å². The number of benzene rings is 2. The molecule has 0 heterocycles. The van der Waals surface area contributed by atoms with Gasteiger partial charge in [-0.2, -0.15) is 0 Å². The number of rotatable bonds is 3. The fourth-order valence-electron chi connectivity index (χ4n) is 1.79. The zero-order valence-electron chi connectivity index (χ0n) is 11.1. The molecular formula is C14H12FN3O3. The Morgan fingerprint density at radius 1 is 1.29 bits per heavy atom. The van der Waals surface area contributed by atoms with Gasteiger partial charge in [0.25, 0.3) is 11.6 Å². The molecule has 6 nitrogen and oxygen atoms in total. The molecule has 2 aromatic carbocycles. The molecule has 0 aliphatic heterocycles. The second kappa shape index (κ2) is 5.58. The van der Waals surface area contributed by atoms with Crippen molar-refractivity contribution < 1.29 is 14.1 Å². The Kier molecular flexibility index (Phi) is 3.84. The summed E-state index contributed by atoms with van der Waals surface area (Å²) < 4.78 is 13.6. The van der Waals surface area contributed by atoms with Crippen LogP contribution in [0.25, 0.3) is 0 Å². The number of hydrogen-bond donors (Lipinski definition) is 2. The molecule has 2 rings (SSSR count). The highest BCUT2D eigenvalue weighted by Crippen LogP contribution is 2.23. The van der Waals surface area contributed by atoms with Crippen LogP contribution >= 0.6 is 0 Å². The summed E-state index contributed by atoms with van der Waals surface area (Å²) in [5.74, 6) is -1.16. The largest absolute Gasteiger partial charge is 0.393 e. The van der Waals surface area contributed by atoms with E-state index in [9.17, 15) is 19.3 Å². The Labute approximate surface area is 119 Å². The Morgan fingerprint density at radius 3 is 2.62 bits per heavy atom. The molecule has 0 saturated heterocycles. The number of nitro benzene ring substituents is 1. The van der Waals surface area contributed by atoms with Crippen molar-refractivity contribution in [1.82, 2.24) is 0 Å². The first-order valence-electron chi connectivity index (χ1n) is 6.00. The van der Waals surface area contributed by atoms with Gasteiger partial charge < -0.3 is 11.1 Å². The van der Waals surface area contributed by atoms with Crippen molar-refractivity contribution in [3.63, 3.8) is 0 Å². The number of nitrogens with two attached hydrogens (primary N) is 1. The number of nitrogens with zero attached hydrogens (tertiary/aromatic N) is 1. The van der Waals surface area contributed by atoms with E-state index in [-0.39, 0.29) is 22.6 Å². The van der Waals surface area contributed by atoms with Gasteiger partial charge in [0, 0.05) is 11.6 Å². The SMILES string of the molecule is Cc1ccc(F)c(NC(=O)c2ccc([N+](=O)[O-])c(N)c2)c1. The van der Waals surface area contributed by atoms with Gasteiger partial charge in [0.1, 0.15) is 11.5 Å². The van der Waals surface area contributed by atoms with Crippen LogP contribution in [0.5, 0.6) is 0 Å². The van der Waals surface area contributed by atoms with Gasteiger partial charge in [-0.05, 0) is 36.8 Å². The third-order valence-corrected chi connectivity index (χ3v) is 2.86. The Balaban J connectivity index is 2.26. The number of carbonyl (C=O) groups is 1. The van der Waals surface area contributed by atoms with Gasteiger partial charge in [-0.3, -0.25) is 14.9 Å². The highest BCUT2D eigenvalue weighted by Gasteiger charge is 2.15. The van der Waals surface area contributed by atoms with Gasteiger partial charge >= 0.3 is 0 Å². The Bertz CT molecular complexity index is 731. The first kappa shape index (κ1) is 14.4. The molecule has 0 aliphatic rings. The second-order valence-electron chi connectivity index (χ2n) is 4.47. The van der Waals surface area contributed by atoms with Gasteiger partial charge in [-0.25, -0.2) is 4.39 Å². The molecular weight excluding hydrogens is 277 g/mol. The van der Waals surface area contributed by atoms with Crippen molar-refractivity contribution in [3.8, 4) is 0 Å². The van der Waals surface area contributed by atoms with Crippen molar-refractivity contribution in [1.29, 1.82) is 0 Å². The number of amides is 1. The minimum absolute atomic E-state index is 0.0388. The minimum Gasteiger partial charge on any atom is -0.393 e. The molecule has 0 unspecified atom stereocenters. The maximum atomic E-state index is 13.6. The van der Waals surface area contributed by atoms with E-state index in [1.165, 1.54) is 24.3 Å². The lowest BCUT2D eigenvalue weighted by molar-refractivity contribution is -0.383. The first-order chi connectivity index (χ1) is 9.88. The number of nitrogen functional groups attached to an aromatic ring is 1. The monoisotopic (exact) mass is 289 g/mol. The number of nitro groups is 1. The highest BCUT2D eigenvalue weighted by atomic mass is 19.1. The van der Waals surface area contributed by atoms with Gasteiger partial charge in [-0.15, -0.1) is 0 Å². The van der Waals surface area contributed by atoms with Crippen LogP contribution in [0.1, 0.15) is 15.9 Å². The molecule has 3 N–H and O–H groups in total. The number of aryl methyl sites for hydroxylation is 1. The lowest BCUT2D eigenvalue weighted by Gasteiger charge is -2.08. The van der Waals surface area contributed by atoms with Crippen LogP contribution in [0.2, 0.25) is 0 Å². The van der Waals surface area contributed by atoms with Crippen LogP contribution in [0.3, 0.4) is 0 Å². The summed E-state index contributed by atoms with van der Waals surface area (Å²) in [5, 5.41) is 13.1. The van der Waals surface area contributed by atoms with Crippen molar-refractivity contribution in [2.75, 3.05) is 11.1 Å². The molecule has 0 saturated carbocycles. The fraction of sp³-hybridized carbons (Fsp3) is 0.0714. The van der Waals surface area contributed by atoms with E-state index in [0.717, 1.165) is 11.6 Å². The standard InChI is InChI=1S/C14H12FN3O3/c1-8-2-4-10(15)12(6-8)17-14(19)9-3-5-13(18(20)21)11(16)7-9/h2-7H,16H2,1H3,(H,17,19). The molecule has 0 aliphatic carbocycles. The molecule has 0 atom stereocenters. The number of anilines is 2. The number of hydrogen-bond acceptors (Lipinski definition) is 4. The Morgan fingerprint density at radius 2 is 2.00 bits per heavy atom. The van der Waals surface area contributed by atoms with E-state index < -0.39 is 16.6 Å². The zero-order chi connectivity index (χ0) is 15.6. The average Bonchev–Trinajstić information content (AvgIpc) is 2.42. The molecule has 21 heavy (non-hydrogen) atoms. The lowest BCUT2D eigenvalue weighted by Crippen LogP contribution is -2.13. The molecule has 108 valence electrons. The van der Waals surface area contributed by atoms with Crippen LogP contribution in [-0.4, -0.2) is 10.8 Å². The van der Waals surface area contributed by atoms with Gasteiger partial charge in [0.05, 0.1) is 10.6 Å². The smallest absolute Gasteiger partial charge is 0.292 e. The predicted molar refractivity (Wildman–Crippen MR) is 76.6 cm³/mol. The van der Waals surface area contributed by atoms with Crippen LogP contribution in [0.15, 0.2) is 36.4 Å². The van der Waals surface area contributed by atoms with Gasteiger partial charge in [0.2, 0.25) is 0 Å². The number of carbonyl (C=O) groups excluding carboxylic acids is 1. The number of halogens is 1. The minimum atomic E-state index is -0.642. The quantitative estimate of drug-likeness (QED) is 0.515. The van der Waals surface area contributed by atoms with Crippen LogP contribution < -0.4 is 11.1 Å². The van der Waals surface area contributed by atoms with E-state index in [1.54, 1.807) is 13.0 Å². The highest BCUT2D eigenvalue weighted by molar-refractivity contribution is 6.05. The van der Waals surface area contributed by atoms with E-state index >= 15 is 0 Å². The van der Waals surface area contributed by atoms with E-state index in [1.807, 2.05) is 0 Å². The molecule has 7 heteroatoms. The van der Waals surface area contributed by atoms with Crippen molar-refractivity contribution in [2.45, 2.75) is 6.92 Å². The molecule has 0 spiro atoms. The molecule has 0 radical (unpaired) electrons. The lowest BCUT2D eigenvalue weighted by atomic mass is 10.1. The normalized spacial score (nSPS) is 10.2. The predicted octanol–water partition coefficient (Wildman–Crippen LogP) is 2.88. The molecule has 1 amide bonds. The molecule has 2 aromatic rings. The van der Waals surface area contributed by atoms with Gasteiger partial charge in [0.15, 0.2) is 0 Å². The number of nitrogens with one attached hydrogen (secondary N) is 1. The summed E-state index contributed by atoms with van der Waals surface area (Å²) in [4.78, 5) is 22.0. The summed E-state index contributed by atoms with van der Waals surface area (Å²) in [6.07, 6.45) is 0. The molecule has 0 aromatic heterocycles. The zero-order valence-corrected chi connectivity index (χ0v) is 11.1. The molecule has 0 bridgehead atoms. The fourth-order valence-corrected chi connectivity index (χ4v) is 1.79. The maximum Gasteiger partial charge on any atom is 0.292 e. The third kappa shape index (κ3) is 3.14. The van der Waals surface area contributed by atoms with Crippen molar-refractivity contribution >= 4 is 23.0 Å². The van der Waals surface area contributed by atoms with Crippen LogP contribution in [-0.2, 0) is 0 Å². The van der Waals surface area contributed by atoms with E-state index in [0.29, 0.717) is 0 Å². The summed E-state index contributed by atoms with van der Waals surface area (Å²) >= 11 is 0.